The first-order valence-corrected chi connectivity index (χ1v) is 5.67. The molecule has 0 unspecified atom stereocenters. The number of halogens is 1. The maximum absolute atomic E-state index is 6.36. The van der Waals surface area contributed by atoms with Crippen LogP contribution in [0.5, 0.6) is 5.75 Å². The molecule has 0 spiro atoms. The normalized spacial score (nSPS) is 19.1. The Balaban J connectivity index is 2.43. The number of hydrogen-bond acceptors (Lipinski definition) is 2. The van der Waals surface area contributed by atoms with Crippen LogP contribution >= 0.6 is 11.6 Å². The Labute approximate surface area is 95.4 Å². The van der Waals surface area contributed by atoms with E-state index in [1.165, 1.54) is 12.8 Å². The van der Waals surface area contributed by atoms with Crippen LogP contribution in [-0.2, 0) is 5.54 Å². The Morgan fingerprint density at radius 3 is 2.60 bits per heavy atom. The van der Waals surface area contributed by atoms with E-state index >= 15 is 0 Å². The van der Waals surface area contributed by atoms with E-state index in [0.29, 0.717) is 10.8 Å². The lowest BCUT2D eigenvalue weighted by Gasteiger charge is -2.25. The highest BCUT2D eigenvalue weighted by Crippen LogP contribution is 2.42. The lowest BCUT2D eigenvalue weighted by Crippen LogP contribution is -2.33. The molecule has 0 aliphatic heterocycles. The van der Waals surface area contributed by atoms with Crippen LogP contribution in [0.25, 0.3) is 0 Å². The van der Waals surface area contributed by atoms with Gasteiger partial charge >= 0.3 is 0 Å². The highest BCUT2D eigenvalue weighted by atomic mass is 35.5. The summed E-state index contributed by atoms with van der Waals surface area (Å²) in [4.78, 5) is 0. The molecule has 0 atom stereocenters. The lowest BCUT2D eigenvalue weighted by atomic mass is 9.89. The standard InChI is InChI=1S/C12H16ClNO/c1-15-10-6-4-5-9(11(10)13)12(14)7-2-3-8-12/h4-6H,2-3,7-8,14H2,1H3. The third-order valence-corrected chi connectivity index (χ3v) is 3.61. The largest absolute Gasteiger partial charge is 0.495 e. The number of hydrogen-bond donors (Lipinski definition) is 1. The van der Waals surface area contributed by atoms with Crippen LogP contribution in [0, 0.1) is 0 Å². The molecule has 1 aromatic rings. The molecule has 1 saturated carbocycles. The van der Waals surface area contributed by atoms with Crippen LogP contribution in [0.3, 0.4) is 0 Å². The second-order valence-electron chi connectivity index (χ2n) is 4.19. The van der Waals surface area contributed by atoms with E-state index in [0.717, 1.165) is 18.4 Å². The summed E-state index contributed by atoms with van der Waals surface area (Å²) in [6, 6.07) is 5.83. The van der Waals surface area contributed by atoms with Crippen molar-refractivity contribution in [3.05, 3.63) is 28.8 Å². The van der Waals surface area contributed by atoms with Crippen LogP contribution in [0.1, 0.15) is 31.2 Å². The van der Waals surface area contributed by atoms with Crippen molar-refractivity contribution in [1.29, 1.82) is 0 Å². The first-order chi connectivity index (χ1) is 7.17. The topological polar surface area (TPSA) is 35.2 Å². The minimum absolute atomic E-state index is 0.244. The van der Waals surface area contributed by atoms with E-state index in [4.69, 9.17) is 22.1 Å². The van der Waals surface area contributed by atoms with E-state index in [-0.39, 0.29) is 5.54 Å². The summed E-state index contributed by atoms with van der Waals surface area (Å²) in [6.07, 6.45) is 4.40. The summed E-state index contributed by atoms with van der Waals surface area (Å²) >= 11 is 6.27. The maximum Gasteiger partial charge on any atom is 0.137 e. The summed E-state index contributed by atoms with van der Waals surface area (Å²) in [7, 11) is 1.63. The molecule has 1 aromatic carbocycles. The molecule has 0 amide bonds. The van der Waals surface area contributed by atoms with Crippen LogP contribution in [0.2, 0.25) is 5.02 Å². The predicted octanol–water partition coefficient (Wildman–Crippen LogP) is 3.08. The van der Waals surface area contributed by atoms with Gasteiger partial charge in [0.2, 0.25) is 0 Å². The molecule has 82 valence electrons. The second-order valence-corrected chi connectivity index (χ2v) is 4.56. The molecule has 2 nitrogen and oxygen atoms in total. The third-order valence-electron chi connectivity index (χ3n) is 3.22. The minimum atomic E-state index is -0.244. The zero-order chi connectivity index (χ0) is 10.9. The molecule has 2 rings (SSSR count). The number of ether oxygens (including phenoxy) is 1. The highest BCUT2D eigenvalue weighted by molar-refractivity contribution is 6.33. The Morgan fingerprint density at radius 1 is 1.33 bits per heavy atom. The first kappa shape index (κ1) is 10.8. The molecular weight excluding hydrogens is 210 g/mol. The highest BCUT2D eigenvalue weighted by Gasteiger charge is 2.33. The lowest BCUT2D eigenvalue weighted by molar-refractivity contribution is 0.409. The van der Waals surface area contributed by atoms with Gasteiger partial charge in [-0.25, -0.2) is 0 Å². The summed E-state index contributed by atoms with van der Waals surface area (Å²) in [6.45, 7) is 0. The van der Waals surface area contributed by atoms with Crippen molar-refractivity contribution in [2.45, 2.75) is 31.2 Å². The van der Waals surface area contributed by atoms with Crippen molar-refractivity contribution >= 4 is 11.6 Å². The number of methoxy groups -OCH3 is 1. The van der Waals surface area contributed by atoms with Gasteiger partial charge in [-0.1, -0.05) is 36.6 Å². The van der Waals surface area contributed by atoms with Crippen LogP contribution in [0.4, 0.5) is 0 Å². The Morgan fingerprint density at radius 2 is 2.00 bits per heavy atom. The summed E-state index contributed by atoms with van der Waals surface area (Å²) in [5.41, 5.74) is 7.15. The van der Waals surface area contributed by atoms with Gasteiger partial charge in [0.05, 0.1) is 12.1 Å². The van der Waals surface area contributed by atoms with Gasteiger partial charge < -0.3 is 10.5 Å². The SMILES string of the molecule is COc1cccc(C2(N)CCCC2)c1Cl. The fourth-order valence-electron chi connectivity index (χ4n) is 2.33. The van der Waals surface area contributed by atoms with Gasteiger partial charge in [0.1, 0.15) is 5.75 Å². The molecule has 0 saturated heterocycles. The average Bonchev–Trinajstić information content (AvgIpc) is 2.66. The minimum Gasteiger partial charge on any atom is -0.495 e. The molecular formula is C12H16ClNO. The predicted molar refractivity (Wildman–Crippen MR) is 62.3 cm³/mol. The maximum atomic E-state index is 6.36. The molecule has 0 bridgehead atoms. The Hall–Kier alpha value is -0.730. The fourth-order valence-corrected chi connectivity index (χ4v) is 2.72. The average molecular weight is 226 g/mol. The van der Waals surface area contributed by atoms with E-state index in [2.05, 4.69) is 0 Å². The first-order valence-electron chi connectivity index (χ1n) is 5.29. The van der Waals surface area contributed by atoms with Crippen molar-refractivity contribution in [1.82, 2.24) is 0 Å². The van der Waals surface area contributed by atoms with Crippen molar-refractivity contribution in [2.75, 3.05) is 7.11 Å². The molecule has 0 aromatic heterocycles. The molecule has 3 heteroatoms. The zero-order valence-electron chi connectivity index (χ0n) is 8.92. The smallest absolute Gasteiger partial charge is 0.137 e. The van der Waals surface area contributed by atoms with E-state index in [1.54, 1.807) is 7.11 Å². The van der Waals surface area contributed by atoms with Crippen LogP contribution in [0.15, 0.2) is 18.2 Å². The number of rotatable bonds is 2. The summed E-state index contributed by atoms with van der Waals surface area (Å²) in [5, 5.41) is 0.671. The number of nitrogens with two attached hydrogens (primary N) is 1. The molecule has 0 radical (unpaired) electrons. The Bertz CT molecular complexity index is 359. The van der Waals surface area contributed by atoms with Gasteiger partial charge in [-0.3, -0.25) is 0 Å². The van der Waals surface area contributed by atoms with Gasteiger partial charge in [-0.15, -0.1) is 0 Å². The third kappa shape index (κ3) is 1.84. The fraction of sp³-hybridized carbons (Fsp3) is 0.500. The van der Waals surface area contributed by atoms with E-state index < -0.39 is 0 Å². The van der Waals surface area contributed by atoms with Crippen molar-refractivity contribution < 1.29 is 4.74 Å². The van der Waals surface area contributed by atoms with Crippen molar-refractivity contribution in [3.63, 3.8) is 0 Å². The van der Waals surface area contributed by atoms with Crippen molar-refractivity contribution in [3.8, 4) is 5.75 Å². The van der Waals surface area contributed by atoms with Crippen LogP contribution in [-0.4, -0.2) is 7.11 Å². The van der Waals surface area contributed by atoms with Gasteiger partial charge in [-0.2, -0.15) is 0 Å². The summed E-state index contributed by atoms with van der Waals surface area (Å²) < 4.78 is 5.20. The molecule has 1 aliphatic carbocycles. The molecule has 0 heterocycles. The monoisotopic (exact) mass is 225 g/mol. The number of benzene rings is 1. The van der Waals surface area contributed by atoms with Gasteiger partial charge in [0, 0.05) is 5.54 Å². The Kier molecular flexibility index (Phi) is 2.89. The molecule has 2 N–H and O–H groups in total. The quantitative estimate of drug-likeness (QED) is 0.840. The van der Waals surface area contributed by atoms with Gasteiger partial charge in [0.25, 0.3) is 0 Å². The molecule has 1 fully saturated rings. The van der Waals surface area contributed by atoms with Gasteiger partial charge in [0.15, 0.2) is 0 Å². The zero-order valence-corrected chi connectivity index (χ0v) is 9.68. The van der Waals surface area contributed by atoms with Gasteiger partial charge in [-0.05, 0) is 24.5 Å². The van der Waals surface area contributed by atoms with Crippen molar-refractivity contribution in [2.24, 2.45) is 5.73 Å². The molecule has 1 aliphatic rings. The summed E-state index contributed by atoms with van der Waals surface area (Å²) in [5.74, 6) is 0.714. The van der Waals surface area contributed by atoms with E-state index in [9.17, 15) is 0 Å². The molecule has 15 heavy (non-hydrogen) atoms. The van der Waals surface area contributed by atoms with Crippen LogP contribution < -0.4 is 10.5 Å². The second kappa shape index (κ2) is 4.03. The van der Waals surface area contributed by atoms with E-state index in [1.807, 2.05) is 18.2 Å².